The van der Waals surface area contributed by atoms with E-state index < -0.39 is 15.1 Å². The van der Waals surface area contributed by atoms with Crippen LogP contribution in [0.5, 0.6) is 0 Å². The Hall–Kier alpha value is -2.54. The Morgan fingerprint density at radius 2 is 1.75 bits per heavy atom. The lowest BCUT2D eigenvalue weighted by atomic mass is 10.2. The molecule has 0 aliphatic carbocycles. The highest BCUT2D eigenvalue weighted by atomic mass is 32.2. The van der Waals surface area contributed by atoms with Crippen LogP contribution in [-0.4, -0.2) is 56.5 Å². The number of rotatable bonds is 4. The van der Waals surface area contributed by atoms with E-state index in [9.17, 15) is 13.7 Å². The van der Waals surface area contributed by atoms with Crippen molar-refractivity contribution in [3.63, 3.8) is 0 Å². The second kappa shape index (κ2) is 7.47. The van der Waals surface area contributed by atoms with Crippen molar-refractivity contribution in [2.45, 2.75) is 9.46 Å². The number of fused-ring (bicyclic) bond motifs is 1. The molecule has 144 valence electrons. The highest BCUT2D eigenvalue weighted by Gasteiger charge is 2.35. The maximum Gasteiger partial charge on any atom is 0.209 e. The van der Waals surface area contributed by atoms with Gasteiger partial charge in [-0.3, -0.25) is 0 Å². The summed E-state index contributed by atoms with van der Waals surface area (Å²) in [6.07, 6.45) is 0. The highest BCUT2D eigenvalue weighted by Crippen LogP contribution is 2.35. The molecule has 1 saturated heterocycles. The molecule has 1 aliphatic heterocycles. The Kier molecular flexibility index (Phi) is 5.02. The quantitative estimate of drug-likeness (QED) is 0.649. The van der Waals surface area contributed by atoms with Gasteiger partial charge in [-0.2, -0.15) is 5.26 Å². The van der Waals surface area contributed by atoms with Crippen molar-refractivity contribution in [2.24, 2.45) is 0 Å². The molecule has 1 aromatic carbocycles. The topological polar surface area (TPSA) is 90.2 Å². The van der Waals surface area contributed by atoms with E-state index in [1.807, 2.05) is 36.2 Å². The van der Waals surface area contributed by atoms with Gasteiger partial charge in [0.05, 0.1) is 17.1 Å². The van der Waals surface area contributed by atoms with Crippen molar-refractivity contribution in [3.8, 4) is 6.07 Å². The van der Waals surface area contributed by atoms with E-state index in [-0.39, 0.29) is 9.90 Å². The number of piperazine rings is 1. The van der Waals surface area contributed by atoms with Crippen molar-refractivity contribution in [2.75, 3.05) is 38.1 Å². The minimum Gasteiger partial charge on any atom is -0.352 e. The summed E-state index contributed by atoms with van der Waals surface area (Å²) in [4.78, 5) is 13.6. The molecule has 0 bridgehead atoms. The van der Waals surface area contributed by atoms with Gasteiger partial charge in [-0.1, -0.05) is 18.2 Å². The molecule has 9 heteroatoms. The molecule has 0 radical (unpaired) electrons. The monoisotopic (exact) mass is 413 g/mol. The molecule has 1 fully saturated rings. The van der Waals surface area contributed by atoms with Crippen molar-refractivity contribution in [1.82, 2.24) is 14.9 Å². The zero-order valence-corrected chi connectivity index (χ0v) is 16.9. The largest absolute Gasteiger partial charge is 0.352 e. The number of hydrogen-bond acceptors (Lipinski definition) is 8. The first-order valence-corrected chi connectivity index (χ1v) is 11.3. The van der Waals surface area contributed by atoms with Crippen LogP contribution in [0.15, 0.2) is 46.0 Å². The van der Waals surface area contributed by atoms with E-state index in [1.54, 1.807) is 17.5 Å². The van der Waals surface area contributed by atoms with Gasteiger partial charge in [0.15, 0.2) is 11.1 Å². The number of benzene rings is 1. The van der Waals surface area contributed by atoms with Crippen LogP contribution >= 0.6 is 11.3 Å². The first kappa shape index (κ1) is 18.8. The third-order valence-corrected chi connectivity index (χ3v) is 8.13. The second-order valence-corrected chi connectivity index (χ2v) is 9.91. The van der Waals surface area contributed by atoms with Crippen LogP contribution in [0.25, 0.3) is 11.0 Å². The maximum atomic E-state index is 13.1. The summed E-state index contributed by atoms with van der Waals surface area (Å²) in [6, 6.07) is 12.5. The Bertz CT molecular complexity index is 1130. The molecule has 28 heavy (non-hydrogen) atoms. The van der Waals surface area contributed by atoms with Crippen LogP contribution in [0.1, 0.15) is 10.9 Å². The van der Waals surface area contributed by atoms with Crippen molar-refractivity contribution < 1.29 is 8.42 Å². The molecule has 0 saturated carbocycles. The van der Waals surface area contributed by atoms with E-state index in [2.05, 4.69) is 9.88 Å². The normalized spacial score (nSPS) is 16.8. The molecule has 0 amide bonds. The van der Waals surface area contributed by atoms with Crippen LogP contribution in [-0.2, 0) is 9.84 Å². The molecule has 3 heterocycles. The van der Waals surface area contributed by atoms with E-state index in [0.29, 0.717) is 29.9 Å². The van der Waals surface area contributed by atoms with Crippen molar-refractivity contribution >= 4 is 38.0 Å². The van der Waals surface area contributed by atoms with Gasteiger partial charge in [-0.05, 0) is 30.6 Å². The molecule has 7 nitrogen and oxygen atoms in total. The maximum absolute atomic E-state index is 13.1. The predicted molar refractivity (Wildman–Crippen MR) is 109 cm³/mol. The minimum absolute atomic E-state index is 0.165. The van der Waals surface area contributed by atoms with Gasteiger partial charge in [0.25, 0.3) is 0 Å². The average Bonchev–Trinajstić information content (AvgIpc) is 3.24. The van der Waals surface area contributed by atoms with Gasteiger partial charge in [-0.25, -0.2) is 18.4 Å². The van der Waals surface area contributed by atoms with E-state index in [1.165, 1.54) is 6.07 Å². The van der Waals surface area contributed by atoms with E-state index in [0.717, 1.165) is 24.4 Å². The number of anilines is 1. The van der Waals surface area contributed by atoms with Crippen LogP contribution in [0.2, 0.25) is 0 Å². The van der Waals surface area contributed by atoms with Crippen molar-refractivity contribution in [3.05, 3.63) is 47.5 Å². The van der Waals surface area contributed by atoms with E-state index >= 15 is 0 Å². The number of nitriles is 1. The number of aromatic nitrogens is 2. The third kappa shape index (κ3) is 3.35. The lowest BCUT2D eigenvalue weighted by molar-refractivity contribution is 0.312. The summed E-state index contributed by atoms with van der Waals surface area (Å²) in [6.45, 7) is 3.08. The average molecular weight is 414 g/mol. The fourth-order valence-electron chi connectivity index (χ4n) is 3.25. The van der Waals surface area contributed by atoms with Gasteiger partial charge in [0, 0.05) is 26.2 Å². The number of hydrogen-bond donors (Lipinski definition) is 0. The summed E-state index contributed by atoms with van der Waals surface area (Å²) in [7, 11) is -1.84. The molecule has 2 aromatic heterocycles. The summed E-state index contributed by atoms with van der Waals surface area (Å²) >= 11 is 1.11. The van der Waals surface area contributed by atoms with Gasteiger partial charge in [0.1, 0.15) is 9.90 Å². The summed E-state index contributed by atoms with van der Waals surface area (Å²) in [5.74, 6) is 0.485. The number of likely N-dealkylation sites (N-methyl/N-ethyl adjacent to an activating group) is 1. The van der Waals surface area contributed by atoms with Crippen molar-refractivity contribution in [1.29, 1.82) is 5.26 Å². The first-order chi connectivity index (χ1) is 13.5. The second-order valence-electron chi connectivity index (χ2n) is 6.70. The van der Waals surface area contributed by atoms with Crippen LogP contribution in [0.3, 0.4) is 0 Å². The fourth-order valence-corrected chi connectivity index (χ4v) is 5.78. The van der Waals surface area contributed by atoms with Gasteiger partial charge < -0.3 is 9.80 Å². The summed E-state index contributed by atoms with van der Waals surface area (Å²) in [5.41, 5.74) is 1.47. The number of sulfone groups is 1. The van der Waals surface area contributed by atoms with Gasteiger partial charge in [-0.15, -0.1) is 11.3 Å². The lowest BCUT2D eigenvalue weighted by Gasteiger charge is -2.34. The molecule has 1 aliphatic rings. The highest BCUT2D eigenvalue weighted by molar-refractivity contribution is 7.93. The minimum atomic E-state index is -3.88. The van der Waals surface area contributed by atoms with Gasteiger partial charge in [0.2, 0.25) is 9.84 Å². The molecule has 3 aromatic rings. The summed E-state index contributed by atoms with van der Waals surface area (Å²) in [5, 5.41) is 10.1. The molecule has 1 atom stereocenters. The van der Waals surface area contributed by atoms with Gasteiger partial charge >= 0.3 is 0 Å². The van der Waals surface area contributed by atoms with Crippen LogP contribution < -0.4 is 4.90 Å². The van der Waals surface area contributed by atoms with Crippen LogP contribution in [0.4, 0.5) is 5.82 Å². The molecule has 4 rings (SSSR count). The fraction of sp³-hybridized carbons (Fsp3) is 0.316. The number of thiophene rings is 1. The zero-order chi connectivity index (χ0) is 19.7. The smallest absolute Gasteiger partial charge is 0.209 e. The molecule has 0 spiro atoms. The number of para-hydroxylation sites is 2. The number of nitrogens with zero attached hydrogens (tertiary/aromatic N) is 5. The van der Waals surface area contributed by atoms with E-state index in [4.69, 9.17) is 4.98 Å². The third-order valence-electron chi connectivity index (χ3n) is 4.83. The standard InChI is InChI=1S/C19H19N5O2S2/c1-23-8-10-24(11-9-23)19-18(21-14-5-2-3-6-15(14)22-19)16(13-20)28(25,26)17-7-4-12-27-17/h2-7,12,16H,8-11H2,1H3/t16-/m0/s1. The Morgan fingerprint density at radius 1 is 1.07 bits per heavy atom. The molecular weight excluding hydrogens is 394 g/mol. The molecule has 0 unspecified atom stereocenters. The Balaban J connectivity index is 1.88. The lowest BCUT2D eigenvalue weighted by Crippen LogP contribution is -2.45. The Labute approximate surface area is 167 Å². The SMILES string of the molecule is CN1CCN(c2nc3ccccc3nc2[C@H](C#N)S(=O)(=O)c2cccs2)CC1. The van der Waals surface area contributed by atoms with Crippen LogP contribution in [0, 0.1) is 11.3 Å². The zero-order valence-electron chi connectivity index (χ0n) is 15.3. The first-order valence-electron chi connectivity index (χ1n) is 8.88. The molecular formula is C19H19N5O2S2. The summed E-state index contributed by atoms with van der Waals surface area (Å²) < 4.78 is 26.4. The molecule has 0 N–H and O–H groups in total. The predicted octanol–water partition coefficient (Wildman–Crippen LogP) is 2.48. The Morgan fingerprint density at radius 3 is 2.36 bits per heavy atom.